The Morgan fingerprint density at radius 3 is 2.67 bits per heavy atom. The summed E-state index contributed by atoms with van der Waals surface area (Å²) >= 11 is 0. The molecule has 80 valence electrons. The van der Waals surface area contributed by atoms with Crippen LogP contribution in [0.3, 0.4) is 0 Å². The molecule has 2 nitrogen and oxygen atoms in total. The number of benzene rings is 1. The highest BCUT2D eigenvalue weighted by Gasteiger charge is 2.10. The number of nitrogens with two attached hydrogens (primary N) is 1. The number of fused-ring (bicyclic) bond motifs is 1. The molecule has 0 bridgehead atoms. The van der Waals surface area contributed by atoms with E-state index in [1.54, 1.807) is 0 Å². The summed E-state index contributed by atoms with van der Waals surface area (Å²) in [6, 6.07) is 6.89. The summed E-state index contributed by atoms with van der Waals surface area (Å²) in [6.07, 6.45) is 2.18. The predicted octanol–water partition coefficient (Wildman–Crippen LogP) is 2.99. The Morgan fingerprint density at radius 1 is 1.33 bits per heavy atom. The molecule has 0 fully saturated rings. The van der Waals surface area contributed by atoms with E-state index >= 15 is 0 Å². The fourth-order valence-electron chi connectivity index (χ4n) is 2.13. The summed E-state index contributed by atoms with van der Waals surface area (Å²) in [5, 5.41) is 1.30. The van der Waals surface area contributed by atoms with Gasteiger partial charge >= 0.3 is 0 Å². The largest absolute Gasteiger partial charge is 0.344 e. The Hall–Kier alpha value is -1.28. The summed E-state index contributed by atoms with van der Waals surface area (Å²) in [7, 11) is 0. The smallest absolute Gasteiger partial charge is 0.0515 e. The molecule has 0 saturated carbocycles. The van der Waals surface area contributed by atoms with E-state index in [9.17, 15) is 0 Å². The summed E-state index contributed by atoms with van der Waals surface area (Å²) in [4.78, 5) is 0. The Labute approximate surface area is 90.7 Å². The van der Waals surface area contributed by atoms with Gasteiger partial charge in [0, 0.05) is 24.2 Å². The average molecular weight is 202 g/mol. The lowest BCUT2D eigenvalue weighted by Gasteiger charge is -2.10. The Morgan fingerprint density at radius 2 is 2.07 bits per heavy atom. The van der Waals surface area contributed by atoms with Crippen LogP contribution in [0.5, 0.6) is 0 Å². The third kappa shape index (κ3) is 1.55. The molecular formula is C13H18N2. The van der Waals surface area contributed by atoms with Gasteiger partial charge in [-0.1, -0.05) is 18.2 Å². The second kappa shape index (κ2) is 3.70. The molecule has 0 aliphatic carbocycles. The molecule has 2 aromatic rings. The highest BCUT2D eigenvalue weighted by molar-refractivity contribution is 5.86. The van der Waals surface area contributed by atoms with Gasteiger partial charge in [-0.3, -0.25) is 0 Å². The van der Waals surface area contributed by atoms with Crippen molar-refractivity contribution in [3.63, 3.8) is 0 Å². The third-order valence-corrected chi connectivity index (χ3v) is 2.91. The zero-order valence-electron chi connectivity index (χ0n) is 9.62. The first-order chi connectivity index (χ1) is 7.15. The van der Waals surface area contributed by atoms with Crippen molar-refractivity contribution in [3.05, 3.63) is 35.5 Å². The number of para-hydroxylation sites is 1. The number of hydrogen-bond acceptors (Lipinski definition) is 1. The van der Waals surface area contributed by atoms with Crippen LogP contribution in [0, 0.1) is 6.92 Å². The number of aryl methyl sites for hydroxylation is 1. The van der Waals surface area contributed by atoms with E-state index in [-0.39, 0.29) is 0 Å². The highest BCUT2D eigenvalue weighted by atomic mass is 15.0. The second-order valence-corrected chi connectivity index (χ2v) is 4.33. The van der Waals surface area contributed by atoms with Crippen LogP contribution in [0.2, 0.25) is 0 Å². The molecular weight excluding hydrogens is 184 g/mol. The van der Waals surface area contributed by atoms with Gasteiger partial charge in [-0.15, -0.1) is 0 Å². The first kappa shape index (κ1) is 10.2. The van der Waals surface area contributed by atoms with Gasteiger partial charge in [0.1, 0.15) is 0 Å². The van der Waals surface area contributed by atoms with Gasteiger partial charge < -0.3 is 10.3 Å². The van der Waals surface area contributed by atoms with Gasteiger partial charge in [-0.05, 0) is 31.9 Å². The molecule has 1 heterocycles. The van der Waals surface area contributed by atoms with Crippen molar-refractivity contribution in [3.8, 4) is 0 Å². The zero-order chi connectivity index (χ0) is 11.0. The Bertz CT molecular complexity index is 480. The van der Waals surface area contributed by atoms with Crippen molar-refractivity contribution >= 4 is 10.9 Å². The van der Waals surface area contributed by atoms with E-state index in [0.29, 0.717) is 12.6 Å². The first-order valence-electron chi connectivity index (χ1n) is 5.44. The monoisotopic (exact) mass is 202 g/mol. The summed E-state index contributed by atoms with van der Waals surface area (Å²) < 4.78 is 2.31. The zero-order valence-corrected chi connectivity index (χ0v) is 9.62. The minimum atomic E-state index is 0.480. The maximum Gasteiger partial charge on any atom is 0.0515 e. The van der Waals surface area contributed by atoms with E-state index in [1.165, 1.54) is 22.0 Å². The quantitative estimate of drug-likeness (QED) is 0.797. The van der Waals surface area contributed by atoms with Crippen molar-refractivity contribution in [1.82, 2.24) is 4.57 Å². The van der Waals surface area contributed by atoms with Crippen molar-refractivity contribution < 1.29 is 0 Å². The van der Waals surface area contributed by atoms with E-state index in [4.69, 9.17) is 5.73 Å². The molecule has 2 heteroatoms. The van der Waals surface area contributed by atoms with E-state index in [2.05, 4.69) is 49.7 Å². The maximum absolute atomic E-state index is 5.77. The highest BCUT2D eigenvalue weighted by Crippen LogP contribution is 2.26. The lowest BCUT2D eigenvalue weighted by atomic mass is 10.1. The fraction of sp³-hybridized carbons (Fsp3) is 0.385. The molecule has 0 spiro atoms. The third-order valence-electron chi connectivity index (χ3n) is 2.91. The first-order valence-corrected chi connectivity index (χ1v) is 5.44. The normalized spacial score (nSPS) is 11.5. The predicted molar refractivity (Wildman–Crippen MR) is 65.0 cm³/mol. The molecule has 0 unspecified atom stereocenters. The topological polar surface area (TPSA) is 30.9 Å². The molecule has 0 aliphatic heterocycles. The lowest BCUT2D eigenvalue weighted by Crippen LogP contribution is -1.99. The molecule has 0 atom stereocenters. The van der Waals surface area contributed by atoms with Crippen molar-refractivity contribution in [1.29, 1.82) is 0 Å². The van der Waals surface area contributed by atoms with Gasteiger partial charge in [-0.2, -0.15) is 0 Å². The Kier molecular flexibility index (Phi) is 2.53. The van der Waals surface area contributed by atoms with Gasteiger partial charge in [0.05, 0.1) is 5.52 Å². The molecule has 0 aliphatic rings. The molecule has 0 amide bonds. The van der Waals surface area contributed by atoms with Crippen LogP contribution < -0.4 is 5.73 Å². The van der Waals surface area contributed by atoms with Crippen LogP contribution in [0.15, 0.2) is 24.4 Å². The van der Waals surface area contributed by atoms with Crippen molar-refractivity contribution in [2.24, 2.45) is 5.73 Å². The van der Waals surface area contributed by atoms with Gasteiger partial charge in [0.2, 0.25) is 0 Å². The van der Waals surface area contributed by atoms with Crippen LogP contribution in [0.25, 0.3) is 10.9 Å². The van der Waals surface area contributed by atoms with Crippen LogP contribution in [0.1, 0.15) is 31.0 Å². The minimum Gasteiger partial charge on any atom is -0.344 e. The molecule has 15 heavy (non-hydrogen) atoms. The fourth-order valence-corrected chi connectivity index (χ4v) is 2.13. The van der Waals surface area contributed by atoms with Gasteiger partial charge in [-0.25, -0.2) is 0 Å². The number of aromatic nitrogens is 1. The Balaban J connectivity index is 2.82. The standard InChI is InChI=1S/C13H18N2/c1-9(2)15-8-11(7-14)12-6-4-5-10(3)13(12)15/h4-6,8-9H,7,14H2,1-3H3. The van der Waals surface area contributed by atoms with E-state index < -0.39 is 0 Å². The SMILES string of the molecule is Cc1cccc2c(CN)cn(C(C)C)c12. The summed E-state index contributed by atoms with van der Waals surface area (Å²) in [5.41, 5.74) is 9.65. The molecule has 0 saturated heterocycles. The van der Waals surface area contributed by atoms with Gasteiger partial charge in [0.15, 0.2) is 0 Å². The van der Waals surface area contributed by atoms with Crippen LogP contribution in [-0.2, 0) is 6.54 Å². The molecule has 0 radical (unpaired) electrons. The van der Waals surface area contributed by atoms with E-state index in [0.717, 1.165) is 0 Å². The lowest BCUT2D eigenvalue weighted by molar-refractivity contribution is 0.620. The number of hydrogen-bond donors (Lipinski definition) is 1. The van der Waals surface area contributed by atoms with Gasteiger partial charge in [0.25, 0.3) is 0 Å². The summed E-state index contributed by atoms with van der Waals surface area (Å²) in [6.45, 7) is 7.17. The molecule has 1 aromatic carbocycles. The second-order valence-electron chi connectivity index (χ2n) is 4.33. The van der Waals surface area contributed by atoms with E-state index in [1.807, 2.05) is 0 Å². The summed E-state index contributed by atoms with van der Waals surface area (Å²) in [5.74, 6) is 0. The van der Waals surface area contributed by atoms with Crippen LogP contribution in [0.4, 0.5) is 0 Å². The number of rotatable bonds is 2. The molecule has 1 aromatic heterocycles. The molecule has 2 rings (SSSR count). The van der Waals surface area contributed by atoms with Crippen LogP contribution in [-0.4, -0.2) is 4.57 Å². The minimum absolute atomic E-state index is 0.480. The van der Waals surface area contributed by atoms with Crippen molar-refractivity contribution in [2.75, 3.05) is 0 Å². The van der Waals surface area contributed by atoms with Crippen LogP contribution >= 0.6 is 0 Å². The van der Waals surface area contributed by atoms with Crippen molar-refractivity contribution in [2.45, 2.75) is 33.4 Å². The average Bonchev–Trinajstić information content (AvgIpc) is 2.58. The number of nitrogens with zero attached hydrogens (tertiary/aromatic N) is 1. The maximum atomic E-state index is 5.77. The molecule has 2 N–H and O–H groups in total.